The Balaban J connectivity index is 0.00000320. The highest BCUT2D eigenvalue weighted by Crippen LogP contribution is 2.23. The minimum absolute atomic E-state index is 0. The van der Waals surface area contributed by atoms with Crippen LogP contribution in [0.15, 0.2) is 40.4 Å². The number of piperidine rings is 1. The van der Waals surface area contributed by atoms with Gasteiger partial charge in [0.25, 0.3) is 0 Å². The summed E-state index contributed by atoms with van der Waals surface area (Å²) >= 11 is 1.69. The lowest BCUT2D eigenvalue weighted by atomic mass is 10.2. The van der Waals surface area contributed by atoms with Gasteiger partial charge in [0, 0.05) is 50.7 Å². The van der Waals surface area contributed by atoms with Crippen LogP contribution in [0.5, 0.6) is 0 Å². The number of hydrogen-bond donors (Lipinski definition) is 2. The molecule has 7 nitrogen and oxygen atoms in total. The van der Waals surface area contributed by atoms with Crippen LogP contribution in [0.3, 0.4) is 0 Å². The normalized spacial score (nSPS) is 15.5. The Bertz CT molecular complexity index is 940. The largest absolute Gasteiger partial charge is 0.356 e. The third-order valence-electron chi connectivity index (χ3n) is 4.88. The van der Waals surface area contributed by atoms with Crippen LogP contribution in [0.1, 0.15) is 34.7 Å². The molecule has 3 rings (SSSR count). The number of thiazole rings is 1. The predicted molar refractivity (Wildman–Crippen MR) is 133 cm³/mol. The first kappa shape index (κ1) is 25.0. The van der Waals surface area contributed by atoms with E-state index in [1.54, 1.807) is 34.8 Å². The van der Waals surface area contributed by atoms with Crippen molar-refractivity contribution in [3.63, 3.8) is 0 Å². The van der Waals surface area contributed by atoms with E-state index < -0.39 is 10.0 Å². The minimum Gasteiger partial charge on any atom is -0.356 e. The summed E-state index contributed by atoms with van der Waals surface area (Å²) in [6, 6.07) is 7.20. The number of sulfonamides is 1. The van der Waals surface area contributed by atoms with Gasteiger partial charge in [0.05, 0.1) is 9.90 Å². The lowest BCUT2D eigenvalue weighted by Crippen LogP contribution is -2.39. The Morgan fingerprint density at radius 2 is 1.93 bits per heavy atom. The van der Waals surface area contributed by atoms with Crippen molar-refractivity contribution in [3.05, 3.63) is 45.9 Å². The van der Waals surface area contributed by atoms with Crippen molar-refractivity contribution in [2.24, 2.45) is 4.99 Å². The number of aliphatic imine (C=N–C) groups is 1. The average molecular weight is 564 g/mol. The molecular formula is C20H30IN5O2S2. The summed E-state index contributed by atoms with van der Waals surface area (Å²) in [7, 11) is -1.76. The molecule has 0 bridgehead atoms. The zero-order valence-corrected chi connectivity index (χ0v) is 21.4. The van der Waals surface area contributed by atoms with Gasteiger partial charge in [-0.2, -0.15) is 4.31 Å². The molecule has 1 aromatic heterocycles. The highest BCUT2D eigenvalue weighted by atomic mass is 127. The number of nitrogens with one attached hydrogen (secondary N) is 2. The van der Waals surface area contributed by atoms with Gasteiger partial charge in [0.2, 0.25) is 10.0 Å². The maximum atomic E-state index is 13.1. The van der Waals surface area contributed by atoms with Crippen molar-refractivity contribution < 1.29 is 8.42 Å². The number of nitrogens with zero attached hydrogens (tertiary/aromatic N) is 3. The van der Waals surface area contributed by atoms with E-state index in [9.17, 15) is 8.42 Å². The van der Waals surface area contributed by atoms with Gasteiger partial charge in [-0.25, -0.2) is 13.4 Å². The van der Waals surface area contributed by atoms with Gasteiger partial charge >= 0.3 is 0 Å². The summed E-state index contributed by atoms with van der Waals surface area (Å²) in [6.45, 7) is 4.34. The van der Waals surface area contributed by atoms with Gasteiger partial charge in [0.15, 0.2) is 5.96 Å². The van der Waals surface area contributed by atoms with Crippen LogP contribution in [-0.4, -0.2) is 50.3 Å². The first-order valence-corrected chi connectivity index (χ1v) is 12.2. The molecule has 1 aromatic carbocycles. The Kier molecular flexibility index (Phi) is 9.98. The lowest BCUT2D eigenvalue weighted by molar-refractivity contribution is 0.346. The smallest absolute Gasteiger partial charge is 0.243 e. The van der Waals surface area contributed by atoms with Crippen LogP contribution in [0.4, 0.5) is 0 Å². The molecule has 1 saturated heterocycles. The summed E-state index contributed by atoms with van der Waals surface area (Å²) in [5.41, 5.74) is 0.747. The highest BCUT2D eigenvalue weighted by Gasteiger charge is 2.27. The zero-order valence-electron chi connectivity index (χ0n) is 17.4. The van der Waals surface area contributed by atoms with Crippen LogP contribution in [0.2, 0.25) is 0 Å². The Morgan fingerprint density at radius 1 is 1.20 bits per heavy atom. The minimum atomic E-state index is -3.47. The molecule has 0 aliphatic carbocycles. The molecular weight excluding hydrogens is 533 g/mol. The van der Waals surface area contributed by atoms with E-state index in [4.69, 9.17) is 0 Å². The van der Waals surface area contributed by atoms with E-state index in [0.717, 1.165) is 36.3 Å². The Labute approximate surface area is 200 Å². The van der Waals surface area contributed by atoms with E-state index in [-0.39, 0.29) is 24.0 Å². The number of hydrogen-bond acceptors (Lipinski definition) is 5. The second-order valence-electron chi connectivity index (χ2n) is 7.04. The monoisotopic (exact) mass is 563 g/mol. The molecule has 0 radical (unpaired) electrons. The molecule has 166 valence electrons. The van der Waals surface area contributed by atoms with Gasteiger partial charge in [-0.3, -0.25) is 4.99 Å². The van der Waals surface area contributed by atoms with Crippen LogP contribution in [-0.2, 0) is 23.0 Å². The third kappa shape index (κ3) is 6.63. The first-order valence-electron chi connectivity index (χ1n) is 9.94. The fraction of sp³-hybridized carbons (Fsp3) is 0.500. The van der Waals surface area contributed by atoms with Crippen molar-refractivity contribution in [1.29, 1.82) is 0 Å². The first-order chi connectivity index (χ1) is 14.0. The maximum Gasteiger partial charge on any atom is 0.243 e. The molecule has 0 spiro atoms. The summed E-state index contributed by atoms with van der Waals surface area (Å²) in [6.07, 6.45) is 5.65. The van der Waals surface area contributed by atoms with Gasteiger partial charge in [-0.05, 0) is 31.4 Å². The molecule has 10 heteroatoms. The second-order valence-corrected chi connectivity index (χ2v) is 10.3. The quantitative estimate of drug-likeness (QED) is 0.307. The van der Waals surface area contributed by atoms with E-state index in [1.165, 1.54) is 4.88 Å². The third-order valence-corrected chi connectivity index (χ3v) is 7.85. The van der Waals surface area contributed by atoms with Crippen LogP contribution in [0.25, 0.3) is 0 Å². The van der Waals surface area contributed by atoms with E-state index in [0.29, 0.717) is 37.0 Å². The van der Waals surface area contributed by atoms with Crippen molar-refractivity contribution in [2.45, 2.75) is 44.0 Å². The maximum absolute atomic E-state index is 13.1. The summed E-state index contributed by atoms with van der Waals surface area (Å²) in [4.78, 5) is 10.2. The van der Waals surface area contributed by atoms with Gasteiger partial charge in [-0.1, -0.05) is 24.6 Å². The van der Waals surface area contributed by atoms with E-state index in [2.05, 4.69) is 20.6 Å². The number of halogens is 1. The van der Waals surface area contributed by atoms with Crippen LogP contribution < -0.4 is 10.6 Å². The standard InChI is InChI=1S/C20H29N5O2S2.HI/c1-16-14-23-19(28-16)10-11-22-20(21-2)24-15-17-8-4-5-9-18(17)29(26,27)25-12-6-3-7-13-25;/h4-5,8-9,14H,3,6-7,10-13,15H2,1-2H3,(H2,21,22,24);1H. The summed E-state index contributed by atoms with van der Waals surface area (Å²) in [5, 5.41) is 7.58. The highest BCUT2D eigenvalue weighted by molar-refractivity contribution is 14.0. The number of benzene rings is 1. The average Bonchev–Trinajstić information content (AvgIpc) is 3.16. The summed E-state index contributed by atoms with van der Waals surface area (Å²) < 4.78 is 27.8. The number of guanidine groups is 1. The molecule has 0 atom stereocenters. The van der Waals surface area contributed by atoms with Gasteiger partial charge in [0.1, 0.15) is 0 Å². The fourth-order valence-corrected chi connectivity index (χ4v) is 5.88. The predicted octanol–water partition coefficient (Wildman–Crippen LogP) is 3.15. The molecule has 0 saturated carbocycles. The molecule has 1 aliphatic rings. The fourth-order valence-electron chi connectivity index (χ4n) is 3.35. The Morgan fingerprint density at radius 3 is 2.60 bits per heavy atom. The molecule has 2 heterocycles. The van der Waals surface area contributed by atoms with Crippen molar-refractivity contribution >= 4 is 51.3 Å². The number of aromatic nitrogens is 1. The lowest BCUT2D eigenvalue weighted by Gasteiger charge is -2.27. The zero-order chi connectivity index (χ0) is 20.7. The molecule has 2 N–H and O–H groups in total. The molecule has 2 aromatic rings. The Hall–Kier alpha value is -1.24. The molecule has 1 aliphatic heterocycles. The molecule has 0 unspecified atom stereocenters. The van der Waals surface area contributed by atoms with Gasteiger partial charge < -0.3 is 10.6 Å². The van der Waals surface area contributed by atoms with E-state index in [1.807, 2.05) is 25.3 Å². The summed E-state index contributed by atoms with van der Waals surface area (Å²) in [5.74, 6) is 0.642. The molecule has 0 amide bonds. The van der Waals surface area contributed by atoms with Crippen molar-refractivity contribution in [1.82, 2.24) is 19.9 Å². The number of rotatable bonds is 7. The molecule has 1 fully saturated rings. The molecule has 30 heavy (non-hydrogen) atoms. The van der Waals surface area contributed by atoms with E-state index >= 15 is 0 Å². The topological polar surface area (TPSA) is 86.7 Å². The van der Waals surface area contributed by atoms with Crippen LogP contribution in [0, 0.1) is 6.92 Å². The second kappa shape index (κ2) is 12.0. The van der Waals surface area contributed by atoms with Crippen molar-refractivity contribution in [3.8, 4) is 0 Å². The van der Waals surface area contributed by atoms with Gasteiger partial charge in [-0.15, -0.1) is 35.3 Å². The van der Waals surface area contributed by atoms with Crippen LogP contribution >= 0.6 is 35.3 Å². The van der Waals surface area contributed by atoms with Crippen molar-refractivity contribution in [2.75, 3.05) is 26.7 Å². The number of aryl methyl sites for hydroxylation is 1. The SMILES string of the molecule is CN=C(NCCc1ncc(C)s1)NCc1ccccc1S(=O)(=O)N1CCCCC1.I.